The maximum Gasteiger partial charge on any atom is 0.223 e. The van der Waals surface area contributed by atoms with Gasteiger partial charge in [-0.3, -0.25) is 0 Å². The molecule has 0 saturated carbocycles. The molecule has 0 aliphatic heterocycles. The minimum Gasteiger partial charge on any atom is -0.357 e. The predicted octanol–water partition coefficient (Wildman–Crippen LogP) is 3.46. The predicted molar refractivity (Wildman–Crippen MR) is 78.7 cm³/mol. The highest BCUT2D eigenvalue weighted by Gasteiger charge is 2.06. The van der Waals surface area contributed by atoms with Crippen LogP contribution in [0.1, 0.15) is 5.69 Å². The third kappa shape index (κ3) is 2.56. The van der Waals surface area contributed by atoms with Gasteiger partial charge in [0.05, 0.1) is 5.03 Å². The summed E-state index contributed by atoms with van der Waals surface area (Å²) in [6.45, 7) is 1.97. The van der Waals surface area contributed by atoms with Crippen molar-refractivity contribution < 1.29 is 0 Å². The molecule has 0 unspecified atom stereocenters. The zero-order chi connectivity index (χ0) is 13.2. The van der Waals surface area contributed by atoms with Crippen LogP contribution in [0.25, 0.3) is 10.9 Å². The number of fused-ring (bicyclic) bond motifs is 1. The maximum atomic E-state index is 4.44. The van der Waals surface area contributed by atoms with E-state index in [1.54, 1.807) is 11.8 Å². The molecule has 4 nitrogen and oxygen atoms in total. The third-order valence-electron chi connectivity index (χ3n) is 2.77. The van der Waals surface area contributed by atoms with Crippen LogP contribution in [0, 0.1) is 6.92 Å². The summed E-state index contributed by atoms with van der Waals surface area (Å²) in [5.74, 6) is 0.651. The van der Waals surface area contributed by atoms with Crippen molar-refractivity contribution in [1.82, 2.24) is 15.0 Å². The molecule has 19 heavy (non-hydrogen) atoms. The molecular formula is C14H14N4S. The molecule has 0 bridgehead atoms. The van der Waals surface area contributed by atoms with E-state index in [0.717, 1.165) is 21.3 Å². The minimum absolute atomic E-state index is 0.651. The first-order chi connectivity index (χ1) is 9.24. The summed E-state index contributed by atoms with van der Waals surface area (Å²) in [7, 11) is 1.83. The summed E-state index contributed by atoms with van der Waals surface area (Å²) in [6, 6.07) is 12.4. The number of rotatable bonds is 3. The van der Waals surface area contributed by atoms with Crippen molar-refractivity contribution in [2.75, 3.05) is 12.4 Å². The minimum atomic E-state index is 0.651. The van der Waals surface area contributed by atoms with Crippen LogP contribution in [-0.4, -0.2) is 22.0 Å². The highest BCUT2D eigenvalue weighted by atomic mass is 32.2. The Morgan fingerprint density at radius 1 is 1.16 bits per heavy atom. The van der Waals surface area contributed by atoms with Crippen LogP contribution in [0.15, 0.2) is 46.5 Å². The molecule has 3 rings (SSSR count). The molecular weight excluding hydrogens is 256 g/mol. The summed E-state index contributed by atoms with van der Waals surface area (Å²) in [4.78, 5) is 12.1. The first kappa shape index (κ1) is 12.0. The van der Waals surface area contributed by atoms with E-state index in [1.807, 2.05) is 32.2 Å². The highest BCUT2D eigenvalue weighted by molar-refractivity contribution is 7.99. The largest absolute Gasteiger partial charge is 0.357 e. The van der Waals surface area contributed by atoms with Gasteiger partial charge >= 0.3 is 0 Å². The van der Waals surface area contributed by atoms with Crippen molar-refractivity contribution in [3.05, 3.63) is 42.1 Å². The van der Waals surface area contributed by atoms with Crippen molar-refractivity contribution >= 4 is 28.6 Å². The number of hydrogen-bond donors (Lipinski definition) is 2. The Labute approximate surface area is 115 Å². The van der Waals surface area contributed by atoms with Gasteiger partial charge < -0.3 is 10.3 Å². The number of hydrogen-bond acceptors (Lipinski definition) is 4. The maximum absolute atomic E-state index is 4.44. The molecule has 96 valence electrons. The zero-order valence-electron chi connectivity index (χ0n) is 10.8. The summed E-state index contributed by atoms with van der Waals surface area (Å²) in [5, 5.41) is 6.21. The van der Waals surface area contributed by atoms with Gasteiger partial charge in [0, 0.05) is 23.6 Å². The Morgan fingerprint density at radius 2 is 2.00 bits per heavy atom. The Balaban J connectivity index is 1.94. The number of nitrogens with zero attached hydrogens (tertiary/aromatic N) is 2. The number of aromatic amines is 1. The lowest BCUT2D eigenvalue weighted by Crippen LogP contribution is -1.98. The summed E-state index contributed by atoms with van der Waals surface area (Å²) < 4.78 is 0. The van der Waals surface area contributed by atoms with Crippen molar-refractivity contribution in [3.63, 3.8) is 0 Å². The molecule has 0 fully saturated rings. The lowest BCUT2D eigenvalue weighted by Gasteiger charge is -2.03. The second kappa shape index (κ2) is 4.93. The Hall–Kier alpha value is -2.01. The van der Waals surface area contributed by atoms with Crippen molar-refractivity contribution in [2.24, 2.45) is 0 Å². The van der Waals surface area contributed by atoms with Gasteiger partial charge in [0.15, 0.2) is 0 Å². The van der Waals surface area contributed by atoms with Gasteiger partial charge in [-0.25, -0.2) is 9.97 Å². The second-order valence-corrected chi connectivity index (χ2v) is 5.31. The lowest BCUT2D eigenvalue weighted by atomic mass is 10.3. The topological polar surface area (TPSA) is 53.6 Å². The second-order valence-electron chi connectivity index (χ2n) is 4.24. The van der Waals surface area contributed by atoms with E-state index in [4.69, 9.17) is 0 Å². The van der Waals surface area contributed by atoms with Crippen LogP contribution in [0.3, 0.4) is 0 Å². The molecule has 0 amide bonds. The van der Waals surface area contributed by atoms with Crippen LogP contribution in [0.2, 0.25) is 0 Å². The zero-order valence-corrected chi connectivity index (χ0v) is 11.6. The van der Waals surface area contributed by atoms with Crippen molar-refractivity contribution in [2.45, 2.75) is 17.0 Å². The fourth-order valence-electron chi connectivity index (χ4n) is 1.92. The van der Waals surface area contributed by atoms with Crippen LogP contribution in [0.4, 0.5) is 5.95 Å². The normalized spacial score (nSPS) is 10.8. The van der Waals surface area contributed by atoms with E-state index in [9.17, 15) is 0 Å². The molecule has 1 aromatic carbocycles. The van der Waals surface area contributed by atoms with E-state index in [-0.39, 0.29) is 0 Å². The molecule has 0 spiro atoms. The van der Waals surface area contributed by atoms with Gasteiger partial charge in [0.1, 0.15) is 5.03 Å². The molecule has 0 aliphatic rings. The third-order valence-corrected chi connectivity index (χ3v) is 3.63. The Bertz CT molecular complexity index is 687. The van der Waals surface area contributed by atoms with E-state index in [1.165, 1.54) is 5.39 Å². The van der Waals surface area contributed by atoms with Crippen LogP contribution < -0.4 is 5.32 Å². The SMILES string of the molecule is CNc1nc(C)cc(Sc2cc3ccccc3[nH]2)n1. The monoisotopic (exact) mass is 270 g/mol. The average Bonchev–Trinajstić information content (AvgIpc) is 2.80. The van der Waals surface area contributed by atoms with Crippen molar-refractivity contribution in [1.29, 1.82) is 0 Å². The molecule has 0 atom stereocenters. The van der Waals surface area contributed by atoms with Gasteiger partial charge in [0.25, 0.3) is 0 Å². The fraction of sp³-hybridized carbons (Fsp3) is 0.143. The first-order valence-electron chi connectivity index (χ1n) is 6.03. The standard InChI is InChI=1S/C14H14N4S/c1-9-7-12(18-14(15-2)16-9)19-13-8-10-5-3-4-6-11(10)17-13/h3-8,17H,1-2H3,(H,15,16,18). The van der Waals surface area contributed by atoms with Gasteiger partial charge in [0.2, 0.25) is 5.95 Å². The van der Waals surface area contributed by atoms with E-state index in [0.29, 0.717) is 5.95 Å². The quantitative estimate of drug-likeness (QED) is 0.716. The van der Waals surface area contributed by atoms with E-state index < -0.39 is 0 Å². The van der Waals surface area contributed by atoms with Gasteiger partial charge in [-0.2, -0.15) is 0 Å². The van der Waals surface area contributed by atoms with E-state index in [2.05, 4.69) is 38.5 Å². The highest BCUT2D eigenvalue weighted by Crippen LogP contribution is 2.29. The number of benzene rings is 1. The van der Waals surface area contributed by atoms with E-state index >= 15 is 0 Å². The van der Waals surface area contributed by atoms with Crippen molar-refractivity contribution in [3.8, 4) is 0 Å². The first-order valence-corrected chi connectivity index (χ1v) is 6.85. The molecule has 2 heterocycles. The Morgan fingerprint density at radius 3 is 2.79 bits per heavy atom. The molecule has 0 saturated heterocycles. The molecule has 2 aromatic heterocycles. The number of aromatic nitrogens is 3. The van der Waals surface area contributed by atoms with Crippen LogP contribution in [0.5, 0.6) is 0 Å². The molecule has 0 radical (unpaired) electrons. The van der Waals surface area contributed by atoms with Crippen LogP contribution >= 0.6 is 11.8 Å². The molecule has 5 heteroatoms. The fourth-order valence-corrected chi connectivity index (χ4v) is 2.85. The lowest BCUT2D eigenvalue weighted by molar-refractivity contribution is 1.01. The molecule has 3 aromatic rings. The smallest absolute Gasteiger partial charge is 0.223 e. The number of H-pyrrole nitrogens is 1. The number of nitrogens with one attached hydrogen (secondary N) is 2. The number of anilines is 1. The van der Waals surface area contributed by atoms with Gasteiger partial charge in [-0.15, -0.1) is 0 Å². The number of aryl methyl sites for hydroxylation is 1. The van der Waals surface area contributed by atoms with Crippen LogP contribution in [-0.2, 0) is 0 Å². The van der Waals surface area contributed by atoms with Gasteiger partial charge in [-0.1, -0.05) is 30.0 Å². The number of para-hydroxylation sites is 1. The summed E-state index contributed by atoms with van der Waals surface area (Å²) in [5.41, 5.74) is 2.10. The summed E-state index contributed by atoms with van der Waals surface area (Å²) in [6.07, 6.45) is 0. The van der Waals surface area contributed by atoms with Gasteiger partial charge in [-0.05, 0) is 25.1 Å². The Kier molecular flexibility index (Phi) is 3.13. The molecule has 0 aliphatic carbocycles. The summed E-state index contributed by atoms with van der Waals surface area (Å²) >= 11 is 1.61. The average molecular weight is 270 g/mol. The molecule has 2 N–H and O–H groups in total.